The van der Waals surface area contributed by atoms with Crippen LogP contribution in [-0.4, -0.2) is 31.1 Å². The smallest absolute Gasteiger partial charge is 0.0697 e. The number of benzene rings is 1. The lowest BCUT2D eigenvalue weighted by Gasteiger charge is -2.35. The van der Waals surface area contributed by atoms with E-state index in [1.54, 1.807) is 0 Å². The predicted octanol–water partition coefficient (Wildman–Crippen LogP) is 4.27. The summed E-state index contributed by atoms with van der Waals surface area (Å²) >= 11 is 9.06. The standard InChI is InChI=1S/C15H16Br2N2S/c16-12-8-11(9-13(17)10-12)15(14-2-1-7-20-14)19-5-3-18-4-6-19/h1-2,7-10,15,18H,3-6H2/t15-/m0/s1. The molecule has 1 N–H and O–H groups in total. The Bertz CT molecular complexity index is 545. The first-order valence-electron chi connectivity index (χ1n) is 6.68. The molecule has 1 saturated heterocycles. The van der Waals surface area contributed by atoms with Crippen LogP contribution in [0.1, 0.15) is 16.5 Å². The molecule has 106 valence electrons. The first-order chi connectivity index (χ1) is 9.74. The van der Waals surface area contributed by atoms with Crippen LogP contribution in [0.3, 0.4) is 0 Å². The number of hydrogen-bond acceptors (Lipinski definition) is 3. The SMILES string of the molecule is Brc1cc(Br)cc([C@@H](c2cccs2)N2CCNCC2)c1. The Morgan fingerprint density at radius 2 is 1.80 bits per heavy atom. The van der Waals surface area contributed by atoms with Gasteiger partial charge in [0.25, 0.3) is 0 Å². The summed E-state index contributed by atoms with van der Waals surface area (Å²) < 4.78 is 2.25. The topological polar surface area (TPSA) is 15.3 Å². The summed E-state index contributed by atoms with van der Waals surface area (Å²) in [5.41, 5.74) is 1.34. The van der Waals surface area contributed by atoms with Crippen LogP contribution in [0.5, 0.6) is 0 Å². The second-order valence-electron chi connectivity index (χ2n) is 4.91. The molecule has 1 aromatic heterocycles. The van der Waals surface area contributed by atoms with Crippen LogP contribution in [0, 0.1) is 0 Å². The minimum absolute atomic E-state index is 0.353. The lowest BCUT2D eigenvalue weighted by atomic mass is 10.0. The van der Waals surface area contributed by atoms with E-state index in [0.29, 0.717) is 6.04 Å². The molecular weight excluding hydrogens is 400 g/mol. The van der Waals surface area contributed by atoms with E-state index in [4.69, 9.17) is 0 Å². The van der Waals surface area contributed by atoms with Gasteiger partial charge in [0.2, 0.25) is 0 Å². The second kappa shape index (κ2) is 6.71. The Morgan fingerprint density at radius 3 is 2.40 bits per heavy atom. The van der Waals surface area contributed by atoms with E-state index in [1.807, 2.05) is 11.3 Å². The van der Waals surface area contributed by atoms with E-state index >= 15 is 0 Å². The van der Waals surface area contributed by atoms with Crippen LogP contribution in [0.25, 0.3) is 0 Å². The van der Waals surface area contributed by atoms with Gasteiger partial charge in [-0.25, -0.2) is 0 Å². The van der Waals surface area contributed by atoms with Crippen LogP contribution in [0.2, 0.25) is 0 Å². The summed E-state index contributed by atoms with van der Waals surface area (Å²) in [6.07, 6.45) is 0. The van der Waals surface area contributed by atoms with Crippen LogP contribution >= 0.6 is 43.2 Å². The highest BCUT2D eigenvalue weighted by Gasteiger charge is 2.25. The van der Waals surface area contributed by atoms with Crippen molar-refractivity contribution in [1.29, 1.82) is 0 Å². The fourth-order valence-electron chi connectivity index (χ4n) is 2.68. The van der Waals surface area contributed by atoms with E-state index in [1.165, 1.54) is 10.4 Å². The maximum Gasteiger partial charge on any atom is 0.0697 e. The third kappa shape index (κ3) is 3.34. The van der Waals surface area contributed by atoms with Gasteiger partial charge in [0.15, 0.2) is 0 Å². The van der Waals surface area contributed by atoms with E-state index in [-0.39, 0.29) is 0 Å². The van der Waals surface area contributed by atoms with E-state index < -0.39 is 0 Å². The summed E-state index contributed by atoms with van der Waals surface area (Å²) in [5, 5.41) is 5.60. The number of nitrogens with zero attached hydrogens (tertiary/aromatic N) is 1. The average Bonchev–Trinajstić information content (AvgIpc) is 2.93. The number of piperazine rings is 1. The lowest BCUT2D eigenvalue weighted by Crippen LogP contribution is -2.45. The second-order valence-corrected chi connectivity index (χ2v) is 7.72. The number of rotatable bonds is 3. The summed E-state index contributed by atoms with van der Waals surface area (Å²) in [4.78, 5) is 3.98. The molecule has 1 fully saturated rings. The predicted molar refractivity (Wildman–Crippen MR) is 92.4 cm³/mol. The molecule has 0 spiro atoms. The molecule has 2 aromatic rings. The Kier molecular flexibility index (Phi) is 4.94. The fraction of sp³-hybridized carbons (Fsp3) is 0.333. The molecule has 1 aromatic carbocycles. The molecule has 2 nitrogen and oxygen atoms in total. The lowest BCUT2D eigenvalue weighted by molar-refractivity contribution is 0.200. The zero-order chi connectivity index (χ0) is 13.9. The van der Waals surface area contributed by atoms with Gasteiger partial charge in [0.1, 0.15) is 0 Å². The quantitative estimate of drug-likeness (QED) is 0.805. The Morgan fingerprint density at radius 1 is 1.10 bits per heavy atom. The molecule has 0 radical (unpaired) electrons. The van der Waals surface area contributed by atoms with E-state index in [9.17, 15) is 0 Å². The minimum atomic E-state index is 0.353. The molecule has 5 heteroatoms. The highest BCUT2D eigenvalue weighted by atomic mass is 79.9. The van der Waals surface area contributed by atoms with Crippen molar-refractivity contribution in [2.75, 3.05) is 26.2 Å². The number of hydrogen-bond donors (Lipinski definition) is 1. The number of nitrogens with one attached hydrogen (secondary N) is 1. The summed E-state index contributed by atoms with van der Waals surface area (Å²) in [6.45, 7) is 4.31. The number of thiophene rings is 1. The molecule has 1 aliphatic heterocycles. The van der Waals surface area contributed by atoms with Crippen LogP contribution in [0.4, 0.5) is 0 Å². The zero-order valence-electron chi connectivity index (χ0n) is 11.0. The van der Waals surface area contributed by atoms with E-state index in [2.05, 4.69) is 77.8 Å². The van der Waals surface area contributed by atoms with Crippen LogP contribution in [0.15, 0.2) is 44.7 Å². The third-order valence-corrected chi connectivity index (χ3v) is 5.37. The van der Waals surface area contributed by atoms with Crippen LogP contribution in [-0.2, 0) is 0 Å². The van der Waals surface area contributed by atoms with E-state index in [0.717, 1.165) is 35.1 Å². The highest BCUT2D eigenvalue weighted by molar-refractivity contribution is 9.11. The molecule has 0 bridgehead atoms. The Labute approximate surface area is 140 Å². The molecule has 0 amide bonds. The first-order valence-corrected chi connectivity index (χ1v) is 9.15. The highest BCUT2D eigenvalue weighted by Crippen LogP contribution is 2.34. The van der Waals surface area contributed by atoms with Crippen molar-refractivity contribution in [3.8, 4) is 0 Å². The van der Waals surface area contributed by atoms with Gasteiger partial charge in [-0.2, -0.15) is 0 Å². The van der Waals surface area contributed by atoms with Gasteiger partial charge in [-0.05, 0) is 35.2 Å². The van der Waals surface area contributed by atoms with Crippen LogP contribution < -0.4 is 5.32 Å². The molecule has 20 heavy (non-hydrogen) atoms. The van der Waals surface area contributed by atoms with Crippen molar-refractivity contribution >= 4 is 43.2 Å². The molecule has 2 heterocycles. The average molecular weight is 416 g/mol. The van der Waals surface area contributed by atoms with Crippen molar-refractivity contribution in [1.82, 2.24) is 10.2 Å². The molecule has 0 saturated carbocycles. The summed E-state index contributed by atoms with van der Waals surface area (Å²) in [5.74, 6) is 0. The van der Waals surface area contributed by atoms with Gasteiger partial charge >= 0.3 is 0 Å². The minimum Gasteiger partial charge on any atom is -0.314 e. The number of halogens is 2. The molecule has 0 unspecified atom stereocenters. The van der Waals surface area contributed by atoms with Gasteiger partial charge in [-0.3, -0.25) is 4.90 Å². The van der Waals surface area contributed by atoms with Gasteiger partial charge in [0, 0.05) is 40.0 Å². The largest absolute Gasteiger partial charge is 0.314 e. The normalized spacial score (nSPS) is 18.1. The Hall–Kier alpha value is -0.200. The van der Waals surface area contributed by atoms with Gasteiger partial charge in [-0.15, -0.1) is 11.3 Å². The maximum atomic E-state index is 3.61. The summed E-state index contributed by atoms with van der Waals surface area (Å²) in [7, 11) is 0. The summed E-state index contributed by atoms with van der Waals surface area (Å²) in [6, 6.07) is 11.3. The van der Waals surface area contributed by atoms with Crippen molar-refractivity contribution in [2.24, 2.45) is 0 Å². The fourth-order valence-corrected chi connectivity index (χ4v) is 4.89. The molecule has 3 rings (SSSR count). The van der Waals surface area contributed by atoms with Crippen molar-refractivity contribution < 1.29 is 0 Å². The Balaban J connectivity index is 2.00. The van der Waals surface area contributed by atoms with Crippen molar-refractivity contribution in [3.05, 3.63) is 55.1 Å². The van der Waals surface area contributed by atoms with Crippen molar-refractivity contribution in [3.63, 3.8) is 0 Å². The van der Waals surface area contributed by atoms with Gasteiger partial charge < -0.3 is 5.32 Å². The van der Waals surface area contributed by atoms with Gasteiger partial charge in [-0.1, -0.05) is 37.9 Å². The molecule has 0 aliphatic carbocycles. The molecule has 1 aliphatic rings. The zero-order valence-corrected chi connectivity index (χ0v) is 15.0. The maximum absolute atomic E-state index is 3.61. The van der Waals surface area contributed by atoms with Crippen molar-refractivity contribution in [2.45, 2.75) is 6.04 Å². The molecular formula is C15H16Br2N2S. The first kappa shape index (κ1) is 14.7. The third-order valence-electron chi connectivity index (χ3n) is 3.53. The van der Waals surface area contributed by atoms with Gasteiger partial charge in [0.05, 0.1) is 6.04 Å². The monoisotopic (exact) mass is 414 g/mol. The molecule has 1 atom stereocenters.